The number of carbonyl (C=O) groups excluding carboxylic acids is 1. The number of ether oxygens (including phenoxy) is 1. The van der Waals surface area contributed by atoms with Gasteiger partial charge in [0.1, 0.15) is 0 Å². The van der Waals surface area contributed by atoms with E-state index in [0.717, 1.165) is 11.3 Å². The van der Waals surface area contributed by atoms with Crippen molar-refractivity contribution in [2.45, 2.75) is 26.8 Å². The molecule has 0 spiro atoms. The summed E-state index contributed by atoms with van der Waals surface area (Å²) in [5.41, 5.74) is 1.71. The molecule has 9 heteroatoms. The molecule has 0 bridgehead atoms. The first-order chi connectivity index (χ1) is 14.2. The van der Waals surface area contributed by atoms with Gasteiger partial charge in [0, 0.05) is 12.1 Å². The number of hydrogen-bond donors (Lipinski definition) is 1. The van der Waals surface area contributed by atoms with Crippen LogP contribution in [-0.4, -0.2) is 39.2 Å². The third-order valence-corrected chi connectivity index (χ3v) is 5.39. The molecule has 1 amide bonds. The first-order valence-electron chi connectivity index (χ1n) is 9.15. The van der Waals surface area contributed by atoms with Crippen LogP contribution in [0.3, 0.4) is 0 Å². The summed E-state index contributed by atoms with van der Waals surface area (Å²) in [6, 6.07) is 10.2. The Bertz CT molecular complexity index is 1060. The lowest BCUT2D eigenvalue weighted by molar-refractivity contribution is -0.386. The van der Waals surface area contributed by atoms with Crippen molar-refractivity contribution in [1.29, 1.82) is 0 Å². The van der Waals surface area contributed by atoms with Gasteiger partial charge < -0.3 is 9.84 Å². The van der Waals surface area contributed by atoms with Crippen LogP contribution in [0, 0.1) is 17.0 Å². The summed E-state index contributed by atoms with van der Waals surface area (Å²) in [5.74, 6) is -0.836. The maximum absolute atomic E-state index is 13.0. The first kappa shape index (κ1) is 21.4. The molecule has 156 valence electrons. The molecule has 0 saturated carbocycles. The standard InChI is InChI=1S/C21H21N3O5S/c1-12(2)23-20(26)18(30-21(23)22-15-7-5-13(3)6-8-15)11-14-9-16(24(27)28)19(25)17(10-14)29-4/h5-12,25H,1-4H3/b18-11+,22-21?. The number of rotatable bonds is 5. The maximum atomic E-state index is 13.0. The highest BCUT2D eigenvalue weighted by atomic mass is 32.2. The predicted octanol–water partition coefficient (Wildman–Crippen LogP) is 4.63. The Kier molecular flexibility index (Phi) is 6.12. The van der Waals surface area contributed by atoms with Crippen molar-refractivity contribution in [2.24, 2.45) is 4.99 Å². The van der Waals surface area contributed by atoms with Gasteiger partial charge in [-0.15, -0.1) is 0 Å². The molecule has 30 heavy (non-hydrogen) atoms. The van der Waals surface area contributed by atoms with Crippen LogP contribution < -0.4 is 4.74 Å². The number of nitro benzene ring substituents is 1. The van der Waals surface area contributed by atoms with Crippen molar-refractivity contribution in [1.82, 2.24) is 4.90 Å². The number of amides is 1. The van der Waals surface area contributed by atoms with Crippen molar-refractivity contribution >= 4 is 40.3 Å². The van der Waals surface area contributed by atoms with E-state index in [1.54, 1.807) is 4.90 Å². The van der Waals surface area contributed by atoms with Gasteiger partial charge in [-0.3, -0.25) is 19.8 Å². The molecule has 1 aliphatic rings. The number of phenolic OH excluding ortho intramolecular Hbond substituents is 1. The van der Waals surface area contributed by atoms with Gasteiger partial charge >= 0.3 is 5.69 Å². The molecule has 2 aromatic carbocycles. The number of methoxy groups -OCH3 is 1. The minimum atomic E-state index is -0.700. The highest BCUT2D eigenvalue weighted by Crippen LogP contribution is 2.40. The van der Waals surface area contributed by atoms with Gasteiger partial charge in [0.2, 0.25) is 5.75 Å². The van der Waals surface area contributed by atoms with Gasteiger partial charge in [0.15, 0.2) is 10.9 Å². The molecule has 2 aromatic rings. The summed E-state index contributed by atoms with van der Waals surface area (Å²) in [6.07, 6.45) is 1.54. The zero-order chi connectivity index (χ0) is 22.0. The molecule has 1 heterocycles. The highest BCUT2D eigenvalue weighted by Gasteiger charge is 2.35. The van der Waals surface area contributed by atoms with Gasteiger partial charge in [-0.05, 0) is 62.4 Å². The fraction of sp³-hybridized carbons (Fsp3) is 0.238. The Morgan fingerprint density at radius 2 is 1.93 bits per heavy atom. The van der Waals surface area contributed by atoms with Crippen LogP contribution >= 0.6 is 11.8 Å². The summed E-state index contributed by atoms with van der Waals surface area (Å²) in [5, 5.41) is 21.7. The summed E-state index contributed by atoms with van der Waals surface area (Å²) in [6.45, 7) is 5.76. The number of aryl methyl sites for hydroxylation is 1. The molecule has 1 N–H and O–H groups in total. The first-order valence-corrected chi connectivity index (χ1v) is 9.96. The molecule has 0 aliphatic carbocycles. The monoisotopic (exact) mass is 427 g/mol. The van der Waals surface area contributed by atoms with E-state index in [1.807, 2.05) is 45.0 Å². The van der Waals surface area contributed by atoms with Crippen LogP contribution in [0.1, 0.15) is 25.0 Å². The molecule has 8 nitrogen and oxygen atoms in total. The number of benzene rings is 2. The van der Waals surface area contributed by atoms with Crippen LogP contribution in [0.4, 0.5) is 11.4 Å². The van der Waals surface area contributed by atoms with Crippen molar-refractivity contribution in [3.8, 4) is 11.5 Å². The van der Waals surface area contributed by atoms with Crippen molar-refractivity contribution in [2.75, 3.05) is 7.11 Å². The Balaban J connectivity index is 2.03. The van der Waals surface area contributed by atoms with Gasteiger partial charge in [-0.25, -0.2) is 4.99 Å². The van der Waals surface area contributed by atoms with Crippen LogP contribution in [-0.2, 0) is 4.79 Å². The molecular weight excluding hydrogens is 406 g/mol. The largest absolute Gasteiger partial charge is 0.500 e. The zero-order valence-corrected chi connectivity index (χ0v) is 17.8. The minimum absolute atomic E-state index is 0.0410. The number of aromatic hydroxyl groups is 1. The van der Waals surface area contributed by atoms with Crippen LogP contribution in [0.2, 0.25) is 0 Å². The summed E-state index contributed by atoms with van der Waals surface area (Å²) in [4.78, 5) is 30.1. The van der Waals surface area contributed by atoms with E-state index in [0.29, 0.717) is 15.6 Å². The zero-order valence-electron chi connectivity index (χ0n) is 16.9. The fourth-order valence-electron chi connectivity index (χ4n) is 2.89. The Hall–Kier alpha value is -3.33. The summed E-state index contributed by atoms with van der Waals surface area (Å²) >= 11 is 1.20. The van der Waals surface area contributed by atoms with Gasteiger partial charge in [0.05, 0.1) is 22.6 Å². The third-order valence-electron chi connectivity index (χ3n) is 4.40. The second-order valence-electron chi connectivity index (χ2n) is 6.96. The molecule has 0 radical (unpaired) electrons. The molecule has 1 saturated heterocycles. The molecule has 0 unspecified atom stereocenters. The minimum Gasteiger partial charge on any atom is -0.500 e. The molecular formula is C21H21N3O5S. The number of aliphatic imine (C=N–C) groups is 1. The fourth-order valence-corrected chi connectivity index (χ4v) is 4.01. The molecule has 0 aromatic heterocycles. The topological polar surface area (TPSA) is 105 Å². The van der Waals surface area contributed by atoms with E-state index < -0.39 is 16.4 Å². The van der Waals surface area contributed by atoms with Gasteiger partial charge in [0.25, 0.3) is 5.91 Å². The number of nitro groups is 1. The molecule has 0 atom stereocenters. The number of thioether (sulfide) groups is 1. The quantitative estimate of drug-likeness (QED) is 0.424. The van der Waals surface area contributed by atoms with Gasteiger partial charge in [-0.1, -0.05) is 17.7 Å². The Morgan fingerprint density at radius 3 is 2.50 bits per heavy atom. The number of carbonyl (C=O) groups is 1. The SMILES string of the molecule is COc1cc(/C=C2/SC(=Nc3ccc(C)cc3)N(C(C)C)C2=O)cc([N+](=O)[O-])c1O. The average molecular weight is 427 g/mol. The number of hydrogen-bond acceptors (Lipinski definition) is 7. The molecule has 1 aliphatic heterocycles. The Labute approximate surface area is 178 Å². The summed E-state index contributed by atoms with van der Waals surface area (Å²) in [7, 11) is 1.30. The van der Waals surface area contributed by atoms with Crippen molar-refractivity contribution in [3.63, 3.8) is 0 Å². The lowest BCUT2D eigenvalue weighted by Gasteiger charge is -2.19. The van der Waals surface area contributed by atoms with E-state index in [9.17, 15) is 20.0 Å². The van der Waals surface area contributed by atoms with E-state index in [-0.39, 0.29) is 17.7 Å². The third kappa shape index (κ3) is 4.30. The number of phenols is 1. The molecule has 3 rings (SSSR count). The van der Waals surface area contributed by atoms with E-state index in [1.165, 1.54) is 37.1 Å². The van der Waals surface area contributed by atoms with E-state index >= 15 is 0 Å². The number of nitrogens with zero attached hydrogens (tertiary/aromatic N) is 3. The van der Waals surface area contributed by atoms with Crippen molar-refractivity contribution < 1.29 is 19.6 Å². The van der Waals surface area contributed by atoms with Crippen LogP contribution in [0.15, 0.2) is 46.3 Å². The van der Waals surface area contributed by atoms with Crippen LogP contribution in [0.25, 0.3) is 6.08 Å². The smallest absolute Gasteiger partial charge is 0.315 e. The number of amidine groups is 1. The Morgan fingerprint density at radius 1 is 1.27 bits per heavy atom. The van der Waals surface area contributed by atoms with E-state index in [2.05, 4.69) is 4.99 Å². The summed E-state index contributed by atoms with van der Waals surface area (Å²) < 4.78 is 5.03. The second-order valence-corrected chi connectivity index (χ2v) is 7.97. The normalized spacial score (nSPS) is 16.7. The average Bonchev–Trinajstić information content (AvgIpc) is 2.99. The van der Waals surface area contributed by atoms with Crippen molar-refractivity contribution in [3.05, 3.63) is 62.5 Å². The van der Waals surface area contributed by atoms with Crippen LogP contribution in [0.5, 0.6) is 11.5 Å². The predicted molar refractivity (Wildman–Crippen MR) is 117 cm³/mol. The lowest BCUT2D eigenvalue weighted by Crippen LogP contribution is -2.35. The molecule has 1 fully saturated rings. The maximum Gasteiger partial charge on any atom is 0.315 e. The van der Waals surface area contributed by atoms with E-state index in [4.69, 9.17) is 4.74 Å². The second kappa shape index (κ2) is 8.58. The lowest BCUT2D eigenvalue weighted by atomic mass is 10.1. The highest BCUT2D eigenvalue weighted by molar-refractivity contribution is 8.18. The van der Waals surface area contributed by atoms with Gasteiger partial charge in [-0.2, -0.15) is 0 Å².